The van der Waals surface area contributed by atoms with Crippen LogP contribution in [0.2, 0.25) is 0 Å². The Bertz CT molecular complexity index is 543. The van der Waals surface area contributed by atoms with Crippen LogP contribution < -0.4 is 0 Å². The molecule has 0 heterocycles. The van der Waals surface area contributed by atoms with Gasteiger partial charge in [-0.05, 0) is 25.0 Å². The zero-order chi connectivity index (χ0) is 19.8. The zero-order valence-electron chi connectivity index (χ0n) is 16.1. The predicted molar refractivity (Wildman–Crippen MR) is 101 cm³/mol. The molecule has 1 unspecified atom stereocenters. The molecule has 0 spiro atoms. The first-order valence-corrected chi connectivity index (χ1v) is 8.22. The van der Waals surface area contributed by atoms with Crippen LogP contribution in [0.3, 0.4) is 0 Å². The molecule has 0 saturated carbocycles. The van der Waals surface area contributed by atoms with E-state index in [1.807, 2.05) is 0 Å². The van der Waals surface area contributed by atoms with Crippen molar-refractivity contribution >= 4 is 5.78 Å². The summed E-state index contributed by atoms with van der Waals surface area (Å²) in [6.45, 7) is 4.38. The van der Waals surface area contributed by atoms with Crippen molar-refractivity contribution in [2.45, 2.75) is 25.4 Å². The van der Waals surface area contributed by atoms with Gasteiger partial charge in [-0.1, -0.05) is 30.4 Å². The van der Waals surface area contributed by atoms with Gasteiger partial charge in [-0.3, -0.25) is 4.79 Å². The monoisotopic (exact) mass is 366 g/mol. The molecule has 0 aromatic rings. The first-order valence-electron chi connectivity index (χ1n) is 8.22. The van der Waals surface area contributed by atoms with E-state index in [9.17, 15) is 9.90 Å². The molecular weight excluding hydrogens is 336 g/mol. The highest BCUT2D eigenvalue weighted by Crippen LogP contribution is 2.13. The summed E-state index contributed by atoms with van der Waals surface area (Å²) in [4.78, 5) is 11.8. The first-order chi connectivity index (χ1) is 12.5. The zero-order valence-corrected chi connectivity index (χ0v) is 16.1. The molecule has 1 N–H and O–H groups in total. The van der Waals surface area contributed by atoms with Crippen LogP contribution in [-0.4, -0.2) is 52.0 Å². The Morgan fingerprint density at radius 1 is 1.12 bits per heavy atom. The van der Waals surface area contributed by atoms with Gasteiger partial charge in [0.05, 0.1) is 34.0 Å². The minimum Gasteiger partial charge on any atom is -0.500 e. The van der Waals surface area contributed by atoms with Crippen molar-refractivity contribution in [2.75, 3.05) is 35.0 Å². The molecule has 26 heavy (non-hydrogen) atoms. The third kappa shape index (κ3) is 11.3. The summed E-state index contributed by atoms with van der Waals surface area (Å²) < 4.78 is 20.2. The highest BCUT2D eigenvalue weighted by molar-refractivity contribution is 5.90. The number of rotatable bonds is 14. The molecular formula is C20H30O6. The minimum atomic E-state index is -0.852. The van der Waals surface area contributed by atoms with Gasteiger partial charge >= 0.3 is 0 Å². The van der Waals surface area contributed by atoms with E-state index >= 15 is 0 Å². The molecule has 0 aromatic carbocycles. The van der Waals surface area contributed by atoms with Crippen molar-refractivity contribution in [3.8, 4) is 0 Å². The Kier molecular flexibility index (Phi) is 13.7. The van der Waals surface area contributed by atoms with E-state index in [0.717, 1.165) is 5.57 Å². The maximum absolute atomic E-state index is 11.8. The Morgan fingerprint density at radius 2 is 1.81 bits per heavy atom. The Hall–Kier alpha value is -2.31. The average molecular weight is 366 g/mol. The molecule has 0 fully saturated rings. The normalized spacial score (nSPS) is 13.9. The molecule has 0 rings (SSSR count). The number of allylic oxidation sites excluding steroid dienone is 4. The summed E-state index contributed by atoms with van der Waals surface area (Å²) in [5, 5.41) is 9.90. The standard InChI is InChI=1S/C20H30O6/c1-16(12-13-23-2)10-11-18(22)14-17(21)8-6-7-9-19(25-4)20(26-5)15-24-3/h6,8-11,15,17,21H,1,7,12-14H2,2-5H3/b8-6+,11-10+,19-9+,20-15-. The summed E-state index contributed by atoms with van der Waals surface area (Å²) in [5.41, 5.74) is 0.806. The minimum absolute atomic E-state index is 0.0122. The SMILES string of the molecule is C=C(/C=C/C(=O)CC(O)/C=C/C/C=C(OC)\C(=C\OC)OC)CCOC. The van der Waals surface area contributed by atoms with Crippen LogP contribution in [-0.2, 0) is 23.7 Å². The molecule has 0 radical (unpaired) electrons. The van der Waals surface area contributed by atoms with E-state index in [-0.39, 0.29) is 12.2 Å². The quantitative estimate of drug-likeness (QED) is 0.220. The van der Waals surface area contributed by atoms with E-state index in [1.54, 1.807) is 31.4 Å². The second-order valence-corrected chi connectivity index (χ2v) is 5.33. The molecule has 0 aliphatic carbocycles. The lowest BCUT2D eigenvalue weighted by Crippen LogP contribution is -2.08. The van der Waals surface area contributed by atoms with Crippen molar-refractivity contribution < 1.29 is 28.8 Å². The molecule has 6 nitrogen and oxygen atoms in total. The van der Waals surface area contributed by atoms with Crippen molar-refractivity contribution in [2.24, 2.45) is 0 Å². The fourth-order valence-electron chi connectivity index (χ4n) is 1.88. The lowest BCUT2D eigenvalue weighted by Gasteiger charge is -2.08. The van der Waals surface area contributed by atoms with Gasteiger partial charge in [0.1, 0.15) is 6.26 Å². The Labute approximate surface area is 156 Å². The van der Waals surface area contributed by atoms with E-state index in [2.05, 4.69) is 6.58 Å². The summed E-state index contributed by atoms with van der Waals surface area (Å²) in [6, 6.07) is 0. The maximum Gasteiger partial charge on any atom is 0.195 e. The van der Waals surface area contributed by atoms with Crippen LogP contribution in [0.25, 0.3) is 0 Å². The number of hydrogen-bond acceptors (Lipinski definition) is 6. The van der Waals surface area contributed by atoms with Gasteiger partial charge < -0.3 is 24.1 Å². The first kappa shape index (κ1) is 23.7. The van der Waals surface area contributed by atoms with Crippen molar-refractivity contribution in [3.63, 3.8) is 0 Å². The van der Waals surface area contributed by atoms with Gasteiger partial charge in [0.15, 0.2) is 17.3 Å². The van der Waals surface area contributed by atoms with Crippen molar-refractivity contribution in [1.29, 1.82) is 0 Å². The van der Waals surface area contributed by atoms with Crippen LogP contribution in [0.15, 0.2) is 60.3 Å². The van der Waals surface area contributed by atoms with Crippen LogP contribution in [0.4, 0.5) is 0 Å². The fourth-order valence-corrected chi connectivity index (χ4v) is 1.88. The highest BCUT2D eigenvalue weighted by Gasteiger charge is 2.06. The number of carbonyl (C=O) groups excluding carboxylic acids is 1. The maximum atomic E-state index is 11.8. The molecule has 0 bridgehead atoms. The summed E-state index contributed by atoms with van der Waals surface area (Å²) in [7, 11) is 6.17. The number of carbonyl (C=O) groups is 1. The second kappa shape index (κ2) is 15.0. The smallest absolute Gasteiger partial charge is 0.195 e. The van der Waals surface area contributed by atoms with E-state index < -0.39 is 6.10 Å². The number of aliphatic hydroxyl groups excluding tert-OH is 1. The van der Waals surface area contributed by atoms with E-state index in [0.29, 0.717) is 31.0 Å². The largest absolute Gasteiger partial charge is 0.500 e. The number of ether oxygens (including phenoxy) is 4. The van der Waals surface area contributed by atoms with E-state index in [4.69, 9.17) is 18.9 Å². The number of ketones is 1. The van der Waals surface area contributed by atoms with Gasteiger partial charge in [0, 0.05) is 13.5 Å². The predicted octanol–water partition coefficient (Wildman–Crippen LogP) is 3.07. The lowest BCUT2D eigenvalue weighted by atomic mass is 10.1. The van der Waals surface area contributed by atoms with Gasteiger partial charge in [-0.25, -0.2) is 0 Å². The topological polar surface area (TPSA) is 74.2 Å². The van der Waals surface area contributed by atoms with Gasteiger partial charge in [0.25, 0.3) is 0 Å². The third-order valence-corrected chi connectivity index (χ3v) is 3.25. The third-order valence-electron chi connectivity index (χ3n) is 3.25. The molecule has 0 aromatic heterocycles. The Morgan fingerprint density at radius 3 is 2.38 bits per heavy atom. The summed E-state index contributed by atoms with van der Waals surface area (Å²) in [6.07, 6.45) is 9.94. The molecule has 6 heteroatoms. The molecule has 0 aliphatic rings. The second-order valence-electron chi connectivity index (χ2n) is 5.33. The highest BCUT2D eigenvalue weighted by atomic mass is 16.5. The number of methoxy groups -OCH3 is 4. The number of hydrogen-bond donors (Lipinski definition) is 1. The number of aliphatic hydroxyl groups is 1. The van der Waals surface area contributed by atoms with Crippen molar-refractivity contribution in [3.05, 3.63) is 60.3 Å². The van der Waals surface area contributed by atoms with Gasteiger partial charge in [-0.2, -0.15) is 0 Å². The molecule has 146 valence electrons. The van der Waals surface area contributed by atoms with Crippen LogP contribution in [0.5, 0.6) is 0 Å². The van der Waals surface area contributed by atoms with Gasteiger partial charge in [-0.15, -0.1) is 0 Å². The molecule has 0 amide bonds. The van der Waals surface area contributed by atoms with Crippen molar-refractivity contribution in [1.82, 2.24) is 0 Å². The summed E-state index contributed by atoms with van der Waals surface area (Å²) >= 11 is 0. The van der Waals surface area contributed by atoms with E-state index in [1.165, 1.54) is 33.7 Å². The fraction of sp³-hybridized carbons (Fsp3) is 0.450. The molecule has 1 atom stereocenters. The summed E-state index contributed by atoms with van der Waals surface area (Å²) in [5.74, 6) is 0.804. The average Bonchev–Trinajstić information content (AvgIpc) is 2.63. The van der Waals surface area contributed by atoms with Crippen LogP contribution >= 0.6 is 0 Å². The van der Waals surface area contributed by atoms with Crippen LogP contribution in [0.1, 0.15) is 19.3 Å². The van der Waals surface area contributed by atoms with Crippen LogP contribution in [0, 0.1) is 0 Å². The lowest BCUT2D eigenvalue weighted by molar-refractivity contribution is -0.115. The Balaban J connectivity index is 4.45. The molecule has 0 aliphatic heterocycles. The molecule has 0 saturated heterocycles. The van der Waals surface area contributed by atoms with Gasteiger partial charge in [0.2, 0.25) is 0 Å².